The van der Waals surface area contributed by atoms with Crippen molar-refractivity contribution in [1.82, 2.24) is 10.1 Å². The molecule has 0 saturated carbocycles. The van der Waals surface area contributed by atoms with Gasteiger partial charge in [-0.2, -0.15) is 0 Å². The lowest BCUT2D eigenvalue weighted by atomic mass is 10.1. The lowest BCUT2D eigenvalue weighted by Crippen LogP contribution is -2.46. The van der Waals surface area contributed by atoms with Gasteiger partial charge in [0, 0.05) is 50.4 Å². The number of aryl methyl sites for hydroxylation is 1. The monoisotopic (exact) mass is 344 g/mol. The fraction of sp³-hybridized carbons (Fsp3) is 0.412. The van der Waals surface area contributed by atoms with Crippen LogP contribution in [-0.4, -0.2) is 46.9 Å². The molecule has 0 amide bonds. The van der Waals surface area contributed by atoms with Crippen molar-refractivity contribution in [3.05, 3.63) is 51.4 Å². The van der Waals surface area contributed by atoms with Crippen LogP contribution in [0.1, 0.15) is 28.7 Å². The Hall–Kier alpha value is -2.74. The summed E-state index contributed by atoms with van der Waals surface area (Å²) in [5.74, 6) is 0.609. The van der Waals surface area contributed by atoms with Crippen LogP contribution in [-0.2, 0) is 6.54 Å². The van der Waals surface area contributed by atoms with Gasteiger partial charge in [-0.25, -0.2) is 0 Å². The van der Waals surface area contributed by atoms with Crippen LogP contribution in [0.25, 0.3) is 0 Å². The first-order chi connectivity index (χ1) is 11.9. The van der Waals surface area contributed by atoms with Crippen LogP contribution in [0.2, 0.25) is 0 Å². The van der Waals surface area contributed by atoms with E-state index in [9.17, 15) is 14.9 Å². The number of nitro benzene ring substituents is 1. The Kier molecular flexibility index (Phi) is 4.80. The average Bonchev–Trinajstić information content (AvgIpc) is 3.00. The second kappa shape index (κ2) is 7.02. The molecule has 0 unspecified atom stereocenters. The van der Waals surface area contributed by atoms with E-state index in [1.807, 2.05) is 17.9 Å². The van der Waals surface area contributed by atoms with E-state index in [0.29, 0.717) is 30.9 Å². The van der Waals surface area contributed by atoms with Crippen molar-refractivity contribution in [1.29, 1.82) is 0 Å². The van der Waals surface area contributed by atoms with E-state index < -0.39 is 4.92 Å². The van der Waals surface area contributed by atoms with Crippen LogP contribution in [0.3, 0.4) is 0 Å². The van der Waals surface area contributed by atoms with Crippen LogP contribution in [0, 0.1) is 17.0 Å². The Bertz CT molecular complexity index is 794. The number of hydrogen-bond donors (Lipinski definition) is 0. The SMILES string of the molecule is CC(=O)c1ccc(N2CCN(Cc3cc(C)on3)CC2)c([N+](=O)[O-])c1. The molecule has 1 saturated heterocycles. The zero-order valence-corrected chi connectivity index (χ0v) is 14.3. The number of nitro groups is 1. The van der Waals surface area contributed by atoms with Crippen LogP contribution < -0.4 is 4.90 Å². The molecule has 8 nitrogen and oxygen atoms in total. The van der Waals surface area contributed by atoms with Crippen molar-refractivity contribution in [3.8, 4) is 0 Å². The minimum absolute atomic E-state index is 0.0201. The molecule has 0 N–H and O–H groups in total. The van der Waals surface area contributed by atoms with Gasteiger partial charge >= 0.3 is 0 Å². The normalized spacial score (nSPS) is 15.4. The molecule has 0 spiro atoms. The van der Waals surface area contributed by atoms with Crippen molar-refractivity contribution < 1.29 is 14.2 Å². The van der Waals surface area contributed by atoms with Crippen molar-refractivity contribution in [2.75, 3.05) is 31.1 Å². The molecule has 2 aromatic rings. The summed E-state index contributed by atoms with van der Waals surface area (Å²) in [5.41, 5.74) is 1.79. The van der Waals surface area contributed by atoms with Gasteiger partial charge < -0.3 is 9.42 Å². The summed E-state index contributed by atoms with van der Waals surface area (Å²) in [4.78, 5) is 26.7. The van der Waals surface area contributed by atoms with Gasteiger partial charge in [0.1, 0.15) is 11.4 Å². The standard InChI is InChI=1S/C17H20N4O4/c1-12-9-15(18-25-12)11-19-5-7-20(8-6-19)16-4-3-14(13(2)22)10-17(16)21(23)24/h3-4,9-10H,5-8,11H2,1-2H3. The number of ketones is 1. The first-order valence-corrected chi connectivity index (χ1v) is 8.13. The fourth-order valence-electron chi connectivity index (χ4n) is 3.02. The Morgan fingerprint density at radius 2 is 2.00 bits per heavy atom. The molecule has 132 valence electrons. The Morgan fingerprint density at radius 1 is 1.28 bits per heavy atom. The molecule has 0 bridgehead atoms. The number of anilines is 1. The minimum Gasteiger partial charge on any atom is -0.363 e. The second-order valence-corrected chi connectivity index (χ2v) is 6.21. The first kappa shape index (κ1) is 17.1. The largest absolute Gasteiger partial charge is 0.363 e. The molecule has 0 radical (unpaired) electrons. The number of carbonyl (C=O) groups is 1. The lowest BCUT2D eigenvalue weighted by molar-refractivity contribution is -0.384. The summed E-state index contributed by atoms with van der Waals surface area (Å²) in [7, 11) is 0. The molecule has 0 atom stereocenters. The summed E-state index contributed by atoms with van der Waals surface area (Å²) < 4.78 is 5.08. The van der Waals surface area contributed by atoms with Gasteiger partial charge in [-0.3, -0.25) is 19.8 Å². The number of rotatable bonds is 5. The maximum Gasteiger partial charge on any atom is 0.293 e. The van der Waals surface area contributed by atoms with Gasteiger partial charge in [0.15, 0.2) is 5.78 Å². The molecular formula is C17H20N4O4. The molecule has 1 aromatic carbocycles. The van der Waals surface area contributed by atoms with Gasteiger partial charge in [-0.05, 0) is 26.0 Å². The highest BCUT2D eigenvalue weighted by Gasteiger charge is 2.25. The molecule has 1 aliphatic heterocycles. The highest BCUT2D eigenvalue weighted by Crippen LogP contribution is 2.30. The number of piperazine rings is 1. The maximum absolute atomic E-state index is 11.5. The highest BCUT2D eigenvalue weighted by molar-refractivity contribution is 5.95. The molecule has 0 aliphatic carbocycles. The number of nitrogens with zero attached hydrogens (tertiary/aromatic N) is 4. The van der Waals surface area contributed by atoms with E-state index in [-0.39, 0.29) is 11.5 Å². The topological polar surface area (TPSA) is 92.7 Å². The third kappa shape index (κ3) is 3.85. The van der Waals surface area contributed by atoms with E-state index in [1.165, 1.54) is 13.0 Å². The van der Waals surface area contributed by atoms with E-state index in [0.717, 1.165) is 24.5 Å². The molecule has 1 aromatic heterocycles. The van der Waals surface area contributed by atoms with Crippen molar-refractivity contribution in [2.45, 2.75) is 20.4 Å². The molecule has 1 fully saturated rings. The highest BCUT2D eigenvalue weighted by atomic mass is 16.6. The quantitative estimate of drug-likeness (QED) is 0.467. The predicted molar refractivity (Wildman–Crippen MR) is 91.8 cm³/mol. The van der Waals surface area contributed by atoms with Gasteiger partial charge in [-0.15, -0.1) is 0 Å². The van der Waals surface area contributed by atoms with Gasteiger partial charge in [0.25, 0.3) is 5.69 Å². The molecule has 3 rings (SSSR count). The number of Topliss-reactive ketones (excluding diaryl/α,β-unsaturated/α-hetero) is 1. The number of benzene rings is 1. The van der Waals surface area contributed by atoms with E-state index in [2.05, 4.69) is 10.1 Å². The van der Waals surface area contributed by atoms with Crippen LogP contribution in [0.5, 0.6) is 0 Å². The third-order valence-electron chi connectivity index (χ3n) is 4.35. The molecule has 1 aliphatic rings. The van der Waals surface area contributed by atoms with Gasteiger partial charge in [0.2, 0.25) is 0 Å². The first-order valence-electron chi connectivity index (χ1n) is 8.13. The third-order valence-corrected chi connectivity index (χ3v) is 4.35. The van der Waals surface area contributed by atoms with Gasteiger partial charge in [0.05, 0.1) is 10.6 Å². The zero-order chi connectivity index (χ0) is 18.0. The van der Waals surface area contributed by atoms with Crippen molar-refractivity contribution >= 4 is 17.2 Å². The number of aromatic nitrogens is 1. The van der Waals surface area contributed by atoms with E-state index >= 15 is 0 Å². The van der Waals surface area contributed by atoms with E-state index in [1.54, 1.807) is 12.1 Å². The lowest BCUT2D eigenvalue weighted by Gasteiger charge is -2.35. The predicted octanol–water partition coefficient (Wildman–Crippen LogP) is 2.42. The van der Waals surface area contributed by atoms with Crippen molar-refractivity contribution in [2.24, 2.45) is 0 Å². The van der Waals surface area contributed by atoms with Crippen LogP contribution >= 0.6 is 0 Å². The Labute approximate surface area is 145 Å². The molecule has 2 heterocycles. The fourth-order valence-corrected chi connectivity index (χ4v) is 3.02. The second-order valence-electron chi connectivity index (χ2n) is 6.21. The molecule has 25 heavy (non-hydrogen) atoms. The average molecular weight is 344 g/mol. The van der Waals surface area contributed by atoms with E-state index in [4.69, 9.17) is 4.52 Å². The zero-order valence-electron chi connectivity index (χ0n) is 14.3. The van der Waals surface area contributed by atoms with Crippen molar-refractivity contribution in [3.63, 3.8) is 0 Å². The van der Waals surface area contributed by atoms with Crippen LogP contribution in [0.4, 0.5) is 11.4 Å². The number of carbonyl (C=O) groups excluding carboxylic acids is 1. The minimum atomic E-state index is -0.424. The summed E-state index contributed by atoms with van der Waals surface area (Å²) in [6.07, 6.45) is 0. The smallest absolute Gasteiger partial charge is 0.293 e. The maximum atomic E-state index is 11.5. The summed E-state index contributed by atoms with van der Waals surface area (Å²) in [5, 5.41) is 15.4. The summed E-state index contributed by atoms with van der Waals surface area (Å²) in [6.45, 7) is 6.88. The Morgan fingerprint density at radius 3 is 2.56 bits per heavy atom. The summed E-state index contributed by atoms with van der Waals surface area (Å²) in [6, 6.07) is 6.60. The molecule has 8 heteroatoms. The summed E-state index contributed by atoms with van der Waals surface area (Å²) >= 11 is 0. The Balaban J connectivity index is 1.70. The van der Waals surface area contributed by atoms with Gasteiger partial charge in [-0.1, -0.05) is 5.16 Å². The van der Waals surface area contributed by atoms with Crippen LogP contribution in [0.15, 0.2) is 28.8 Å². The molecular weight excluding hydrogens is 324 g/mol. The number of hydrogen-bond acceptors (Lipinski definition) is 7.